The van der Waals surface area contributed by atoms with Gasteiger partial charge in [0.15, 0.2) is 0 Å². The number of piperazine rings is 1. The summed E-state index contributed by atoms with van der Waals surface area (Å²) >= 11 is 0. The molecular formula is C25H33N9O2. The van der Waals surface area contributed by atoms with Crippen molar-refractivity contribution in [2.75, 3.05) is 62.6 Å². The van der Waals surface area contributed by atoms with Crippen molar-refractivity contribution in [2.45, 2.75) is 19.3 Å². The number of aromatic nitrogens is 2. The first kappa shape index (κ1) is 25.3. The van der Waals surface area contributed by atoms with Crippen molar-refractivity contribution < 1.29 is 9.53 Å². The number of ether oxygens (including phenoxy) is 1. The van der Waals surface area contributed by atoms with Gasteiger partial charge >= 0.3 is 0 Å². The number of carbonyl (C=O) groups excluding carboxylic acids is 1. The van der Waals surface area contributed by atoms with E-state index < -0.39 is 5.91 Å². The molecule has 5 N–H and O–H groups in total. The molecule has 2 aromatic rings. The first-order chi connectivity index (χ1) is 17.6. The fraction of sp³-hybridized carbons (Fsp3) is 0.480. The maximum absolute atomic E-state index is 12.2. The minimum Gasteiger partial charge on any atom is -0.492 e. The average molecular weight is 492 g/mol. The number of nitriles is 1. The molecular weight excluding hydrogens is 458 g/mol. The van der Waals surface area contributed by atoms with Gasteiger partial charge in [-0.15, -0.1) is 0 Å². The van der Waals surface area contributed by atoms with Crippen molar-refractivity contribution in [2.24, 2.45) is 11.7 Å². The Balaban J connectivity index is 1.45. The summed E-state index contributed by atoms with van der Waals surface area (Å²) in [6, 6.07) is 9.67. The van der Waals surface area contributed by atoms with Gasteiger partial charge < -0.3 is 31.4 Å². The lowest BCUT2D eigenvalue weighted by molar-refractivity contribution is 0.100. The summed E-state index contributed by atoms with van der Waals surface area (Å²) < 4.78 is 5.89. The van der Waals surface area contributed by atoms with Crippen LogP contribution in [0.2, 0.25) is 0 Å². The van der Waals surface area contributed by atoms with Gasteiger partial charge in [-0.1, -0.05) is 0 Å². The topological polar surface area (TPSA) is 156 Å². The molecule has 2 aliphatic rings. The van der Waals surface area contributed by atoms with Crippen molar-refractivity contribution in [3.63, 3.8) is 0 Å². The number of nitrogens with two attached hydrogens (primary N) is 1. The zero-order valence-electron chi connectivity index (χ0n) is 20.4. The maximum Gasteiger partial charge on any atom is 0.254 e. The van der Waals surface area contributed by atoms with Gasteiger partial charge in [-0.05, 0) is 43.0 Å². The molecule has 1 aromatic carbocycles. The first-order valence-corrected chi connectivity index (χ1v) is 12.3. The molecule has 1 aromatic heterocycles. The van der Waals surface area contributed by atoms with Gasteiger partial charge in [0.25, 0.3) is 5.91 Å². The zero-order chi connectivity index (χ0) is 25.3. The highest BCUT2D eigenvalue weighted by Crippen LogP contribution is 2.28. The lowest BCUT2D eigenvalue weighted by Gasteiger charge is -2.31. The Morgan fingerprint density at radius 2 is 1.94 bits per heavy atom. The van der Waals surface area contributed by atoms with Gasteiger partial charge in [0.2, 0.25) is 5.95 Å². The normalized spacial score (nSPS) is 16.8. The Bertz CT molecular complexity index is 1090. The second kappa shape index (κ2) is 12.3. The monoisotopic (exact) mass is 491 g/mol. The van der Waals surface area contributed by atoms with Gasteiger partial charge in [0.05, 0.1) is 6.07 Å². The first-order valence-electron chi connectivity index (χ1n) is 12.3. The van der Waals surface area contributed by atoms with Crippen LogP contribution in [0, 0.1) is 22.7 Å². The molecule has 0 saturated carbocycles. The molecule has 0 unspecified atom stereocenters. The molecule has 4 rings (SSSR count). The summed E-state index contributed by atoms with van der Waals surface area (Å²) in [6.07, 6.45) is 3.30. The summed E-state index contributed by atoms with van der Waals surface area (Å²) in [4.78, 5) is 25.7. The number of nitrogens with zero attached hydrogens (tertiary/aromatic N) is 5. The summed E-state index contributed by atoms with van der Waals surface area (Å²) in [5.74, 6) is 1.12. The zero-order valence-corrected chi connectivity index (χ0v) is 20.4. The fourth-order valence-corrected chi connectivity index (χ4v) is 4.51. The van der Waals surface area contributed by atoms with E-state index in [2.05, 4.69) is 31.6 Å². The van der Waals surface area contributed by atoms with Crippen LogP contribution in [-0.4, -0.2) is 79.4 Å². The van der Waals surface area contributed by atoms with Crippen LogP contribution < -0.4 is 26.0 Å². The molecule has 0 atom stereocenters. The third-order valence-electron chi connectivity index (χ3n) is 6.59. The molecule has 2 aliphatic heterocycles. The maximum atomic E-state index is 12.2. The molecule has 190 valence electrons. The minimum atomic E-state index is -0.705. The highest BCUT2D eigenvalue weighted by Gasteiger charge is 2.24. The van der Waals surface area contributed by atoms with E-state index in [1.54, 1.807) is 0 Å². The Morgan fingerprint density at radius 1 is 1.22 bits per heavy atom. The second-order valence-corrected chi connectivity index (χ2v) is 9.02. The number of piperidine rings is 1. The highest BCUT2D eigenvalue weighted by molar-refractivity contribution is 6.04. The highest BCUT2D eigenvalue weighted by atomic mass is 16.5. The van der Waals surface area contributed by atoms with Crippen molar-refractivity contribution in [3.8, 4) is 11.8 Å². The molecule has 11 heteroatoms. The molecule has 11 nitrogen and oxygen atoms in total. The third-order valence-corrected chi connectivity index (χ3v) is 6.59. The predicted molar refractivity (Wildman–Crippen MR) is 138 cm³/mol. The summed E-state index contributed by atoms with van der Waals surface area (Å²) in [6.45, 7) is 7.00. The standard InChI is InChI=1S/C25H33N9O2/c26-8-5-18-6-11-34(12-7-18)25-31-21(17-27)22(23(28)35)24(32-25)30-19-1-3-20(4-2-19)36-16-15-33-13-9-29-10-14-33/h1-4,17-18,27,29H,5-7,9-16H2,(H2,28,35)(H,30,31,32). The number of nitrogens with one attached hydrogen (secondary N) is 3. The molecule has 2 fully saturated rings. The van der Waals surface area contributed by atoms with E-state index >= 15 is 0 Å². The number of hydrogen-bond donors (Lipinski definition) is 4. The quantitative estimate of drug-likeness (QED) is 0.363. The van der Waals surface area contributed by atoms with Gasteiger partial charge in [-0.25, -0.2) is 4.98 Å². The van der Waals surface area contributed by atoms with E-state index in [0.29, 0.717) is 43.7 Å². The molecule has 2 saturated heterocycles. The average Bonchev–Trinajstić information content (AvgIpc) is 2.90. The van der Waals surface area contributed by atoms with E-state index in [4.69, 9.17) is 21.1 Å². The van der Waals surface area contributed by atoms with Gasteiger partial charge in [-0.2, -0.15) is 10.2 Å². The number of rotatable bonds is 10. The van der Waals surface area contributed by atoms with Crippen LogP contribution in [0.25, 0.3) is 0 Å². The minimum absolute atomic E-state index is 0.0736. The van der Waals surface area contributed by atoms with Crippen LogP contribution in [0.4, 0.5) is 17.5 Å². The van der Waals surface area contributed by atoms with E-state index in [9.17, 15) is 4.79 Å². The van der Waals surface area contributed by atoms with Gasteiger partial charge in [0, 0.05) is 64.1 Å². The van der Waals surface area contributed by atoms with Crippen LogP contribution >= 0.6 is 0 Å². The van der Waals surface area contributed by atoms with Crippen LogP contribution in [0.1, 0.15) is 35.3 Å². The molecule has 0 spiro atoms. The van der Waals surface area contributed by atoms with E-state index in [-0.39, 0.29) is 17.1 Å². The molecule has 36 heavy (non-hydrogen) atoms. The van der Waals surface area contributed by atoms with E-state index in [1.807, 2.05) is 29.2 Å². The Morgan fingerprint density at radius 3 is 2.58 bits per heavy atom. The number of hydrogen-bond acceptors (Lipinski definition) is 10. The van der Waals surface area contributed by atoms with E-state index in [0.717, 1.165) is 57.5 Å². The predicted octanol–water partition coefficient (Wildman–Crippen LogP) is 1.73. The largest absolute Gasteiger partial charge is 0.492 e. The summed E-state index contributed by atoms with van der Waals surface area (Å²) in [5.41, 5.74) is 6.58. The Kier molecular flexibility index (Phi) is 8.65. The number of benzene rings is 1. The molecule has 1 amide bonds. The van der Waals surface area contributed by atoms with Crippen LogP contribution in [0.3, 0.4) is 0 Å². The van der Waals surface area contributed by atoms with Gasteiger partial charge in [0.1, 0.15) is 29.4 Å². The summed E-state index contributed by atoms with van der Waals surface area (Å²) in [5, 5.41) is 23.3. The smallest absolute Gasteiger partial charge is 0.254 e. The molecule has 0 radical (unpaired) electrons. The Labute approximate surface area is 211 Å². The number of carbonyl (C=O) groups is 1. The van der Waals surface area contributed by atoms with E-state index in [1.165, 1.54) is 0 Å². The molecule has 0 bridgehead atoms. The fourth-order valence-electron chi connectivity index (χ4n) is 4.51. The van der Waals surface area contributed by atoms with Crippen LogP contribution in [0.15, 0.2) is 24.3 Å². The Hall–Kier alpha value is -3.75. The second-order valence-electron chi connectivity index (χ2n) is 9.02. The van der Waals surface area contributed by atoms with Gasteiger partial charge in [-0.3, -0.25) is 9.69 Å². The van der Waals surface area contributed by atoms with Crippen molar-refractivity contribution >= 4 is 29.6 Å². The SMILES string of the molecule is N#CCC1CCN(c2nc(C=N)c(C(N)=O)c(Nc3ccc(OCCN4CCNCC4)cc3)n2)CC1. The number of primary amides is 1. The lowest BCUT2D eigenvalue weighted by atomic mass is 9.94. The van der Waals surface area contributed by atoms with Crippen molar-refractivity contribution in [1.82, 2.24) is 20.2 Å². The molecule has 3 heterocycles. The van der Waals surface area contributed by atoms with Crippen LogP contribution in [-0.2, 0) is 0 Å². The summed E-state index contributed by atoms with van der Waals surface area (Å²) in [7, 11) is 0. The van der Waals surface area contributed by atoms with Crippen LogP contribution in [0.5, 0.6) is 5.75 Å². The van der Waals surface area contributed by atoms with Crippen molar-refractivity contribution in [1.29, 1.82) is 10.7 Å². The lowest BCUT2D eigenvalue weighted by Crippen LogP contribution is -2.44. The number of anilines is 3. The van der Waals surface area contributed by atoms with Crippen molar-refractivity contribution in [3.05, 3.63) is 35.5 Å². The third kappa shape index (κ3) is 6.47. The molecule has 0 aliphatic carbocycles. The number of amides is 1.